The molecule has 2 N–H and O–H groups in total. The molecule has 0 saturated carbocycles. The summed E-state index contributed by atoms with van der Waals surface area (Å²) in [6.07, 6.45) is 1.58. The smallest absolute Gasteiger partial charge is 0.249 e. The molecule has 0 fully saturated rings. The summed E-state index contributed by atoms with van der Waals surface area (Å²) in [6.45, 7) is 4.13. The van der Waals surface area contributed by atoms with Crippen LogP contribution in [0.2, 0.25) is 0 Å². The normalized spacial score (nSPS) is 10.3. The van der Waals surface area contributed by atoms with Gasteiger partial charge in [-0.25, -0.2) is 0 Å². The second-order valence-corrected chi connectivity index (χ2v) is 5.73. The van der Waals surface area contributed by atoms with Gasteiger partial charge in [0.05, 0.1) is 26.1 Å². The van der Waals surface area contributed by atoms with E-state index in [-0.39, 0.29) is 0 Å². The summed E-state index contributed by atoms with van der Waals surface area (Å²) in [6, 6.07) is 11.5. The second kappa shape index (κ2) is 7.69. The first kappa shape index (κ1) is 17.5. The number of hydrogen-bond donors (Lipinski definition) is 2. The molecule has 0 aliphatic carbocycles. The Morgan fingerprint density at radius 1 is 0.923 bits per heavy atom. The molecule has 134 valence electrons. The third-order valence-electron chi connectivity index (χ3n) is 4.08. The molecule has 0 amide bonds. The van der Waals surface area contributed by atoms with Crippen LogP contribution in [0.25, 0.3) is 0 Å². The van der Waals surface area contributed by atoms with Crippen molar-refractivity contribution < 1.29 is 9.47 Å². The quantitative estimate of drug-likeness (QED) is 0.695. The van der Waals surface area contributed by atoms with Gasteiger partial charge in [0.2, 0.25) is 5.95 Å². The molecule has 0 unspecified atom stereocenters. The number of benzene rings is 2. The number of rotatable bonds is 6. The van der Waals surface area contributed by atoms with Crippen LogP contribution in [0.1, 0.15) is 11.1 Å². The SMILES string of the molecule is COc1ccc(Nc2nncc(Nc3cccc(C)c3C)n2)c(OC)c1. The summed E-state index contributed by atoms with van der Waals surface area (Å²) < 4.78 is 10.6. The minimum Gasteiger partial charge on any atom is -0.497 e. The maximum absolute atomic E-state index is 5.38. The fraction of sp³-hybridized carbons (Fsp3) is 0.211. The van der Waals surface area contributed by atoms with E-state index in [2.05, 4.69) is 45.7 Å². The number of aryl methyl sites for hydroxylation is 1. The molecular formula is C19H21N5O2. The first-order valence-electron chi connectivity index (χ1n) is 8.12. The average molecular weight is 351 g/mol. The van der Waals surface area contributed by atoms with Gasteiger partial charge in [-0.2, -0.15) is 10.1 Å². The van der Waals surface area contributed by atoms with Crippen molar-refractivity contribution in [2.24, 2.45) is 0 Å². The number of anilines is 4. The predicted molar refractivity (Wildman–Crippen MR) is 102 cm³/mol. The number of methoxy groups -OCH3 is 2. The van der Waals surface area contributed by atoms with Gasteiger partial charge < -0.3 is 20.1 Å². The maximum atomic E-state index is 5.38. The zero-order valence-electron chi connectivity index (χ0n) is 15.2. The molecular weight excluding hydrogens is 330 g/mol. The van der Waals surface area contributed by atoms with Gasteiger partial charge in [0.15, 0.2) is 5.82 Å². The van der Waals surface area contributed by atoms with Gasteiger partial charge in [-0.15, -0.1) is 5.10 Å². The van der Waals surface area contributed by atoms with Gasteiger partial charge in [0.25, 0.3) is 0 Å². The molecule has 2 aromatic carbocycles. The summed E-state index contributed by atoms with van der Waals surface area (Å²) in [5.74, 6) is 2.30. The van der Waals surface area contributed by atoms with Crippen LogP contribution in [0, 0.1) is 13.8 Å². The third-order valence-corrected chi connectivity index (χ3v) is 4.08. The fourth-order valence-corrected chi connectivity index (χ4v) is 2.46. The standard InChI is InChI=1S/C19H21N5O2/c1-12-6-5-7-15(13(12)2)21-18-11-20-24-19(23-18)22-16-9-8-14(25-3)10-17(16)26-4/h5-11H,1-4H3,(H2,21,22,23,24). The lowest BCUT2D eigenvalue weighted by atomic mass is 10.1. The van der Waals surface area contributed by atoms with Crippen molar-refractivity contribution in [3.63, 3.8) is 0 Å². The van der Waals surface area contributed by atoms with Crippen LogP contribution in [0.4, 0.5) is 23.1 Å². The zero-order valence-corrected chi connectivity index (χ0v) is 15.2. The van der Waals surface area contributed by atoms with Gasteiger partial charge in [0, 0.05) is 11.8 Å². The highest BCUT2D eigenvalue weighted by Gasteiger charge is 2.09. The van der Waals surface area contributed by atoms with Crippen molar-refractivity contribution in [2.75, 3.05) is 24.9 Å². The van der Waals surface area contributed by atoms with Gasteiger partial charge in [-0.1, -0.05) is 12.1 Å². The molecule has 0 atom stereocenters. The Kier molecular flexibility index (Phi) is 5.17. The highest BCUT2D eigenvalue weighted by molar-refractivity contribution is 5.66. The van der Waals surface area contributed by atoms with Crippen molar-refractivity contribution in [2.45, 2.75) is 13.8 Å². The molecule has 7 nitrogen and oxygen atoms in total. The van der Waals surface area contributed by atoms with E-state index in [9.17, 15) is 0 Å². The Bertz CT molecular complexity index is 914. The molecule has 3 rings (SSSR count). The van der Waals surface area contributed by atoms with E-state index >= 15 is 0 Å². The third kappa shape index (κ3) is 3.83. The molecule has 3 aromatic rings. The van der Waals surface area contributed by atoms with Crippen LogP contribution in [0.15, 0.2) is 42.6 Å². The van der Waals surface area contributed by atoms with Gasteiger partial charge >= 0.3 is 0 Å². The van der Waals surface area contributed by atoms with Crippen LogP contribution in [-0.4, -0.2) is 29.4 Å². The molecule has 0 aliphatic heterocycles. The van der Waals surface area contributed by atoms with E-state index < -0.39 is 0 Å². The molecule has 1 heterocycles. The summed E-state index contributed by atoms with van der Waals surface area (Å²) in [7, 11) is 3.20. The summed E-state index contributed by atoms with van der Waals surface area (Å²) >= 11 is 0. The Balaban J connectivity index is 1.83. The lowest BCUT2D eigenvalue weighted by molar-refractivity contribution is 0.395. The minimum absolute atomic E-state index is 0.365. The van der Waals surface area contributed by atoms with E-state index in [1.165, 1.54) is 5.56 Å². The van der Waals surface area contributed by atoms with Gasteiger partial charge in [-0.05, 0) is 43.2 Å². The Labute approximate surface area is 152 Å². The van der Waals surface area contributed by atoms with Crippen LogP contribution in [0.5, 0.6) is 11.5 Å². The van der Waals surface area contributed by atoms with Crippen molar-refractivity contribution in [1.82, 2.24) is 15.2 Å². The zero-order chi connectivity index (χ0) is 18.5. The Morgan fingerprint density at radius 2 is 1.77 bits per heavy atom. The Hall–Kier alpha value is -3.35. The van der Waals surface area contributed by atoms with E-state index in [0.717, 1.165) is 16.9 Å². The van der Waals surface area contributed by atoms with E-state index in [1.54, 1.807) is 26.5 Å². The molecule has 0 spiro atoms. The van der Waals surface area contributed by atoms with Crippen LogP contribution < -0.4 is 20.1 Å². The van der Waals surface area contributed by atoms with Crippen molar-refractivity contribution in [3.8, 4) is 11.5 Å². The van der Waals surface area contributed by atoms with Crippen LogP contribution >= 0.6 is 0 Å². The molecule has 0 aliphatic rings. The van der Waals surface area contributed by atoms with E-state index in [4.69, 9.17) is 9.47 Å². The highest BCUT2D eigenvalue weighted by atomic mass is 16.5. The monoisotopic (exact) mass is 351 g/mol. The van der Waals surface area contributed by atoms with Gasteiger partial charge in [-0.3, -0.25) is 0 Å². The summed E-state index contributed by atoms with van der Waals surface area (Å²) in [5, 5.41) is 14.5. The fourth-order valence-electron chi connectivity index (χ4n) is 2.46. The molecule has 26 heavy (non-hydrogen) atoms. The highest BCUT2D eigenvalue weighted by Crippen LogP contribution is 2.30. The number of aromatic nitrogens is 3. The second-order valence-electron chi connectivity index (χ2n) is 5.73. The van der Waals surface area contributed by atoms with Crippen molar-refractivity contribution >= 4 is 23.1 Å². The molecule has 1 aromatic heterocycles. The van der Waals surface area contributed by atoms with Gasteiger partial charge in [0.1, 0.15) is 11.5 Å². The van der Waals surface area contributed by atoms with Crippen LogP contribution in [-0.2, 0) is 0 Å². The van der Waals surface area contributed by atoms with Crippen molar-refractivity contribution in [3.05, 3.63) is 53.7 Å². The molecule has 0 saturated heterocycles. The lowest BCUT2D eigenvalue weighted by Crippen LogP contribution is -2.04. The molecule has 0 bridgehead atoms. The summed E-state index contributed by atoms with van der Waals surface area (Å²) in [4.78, 5) is 4.47. The van der Waals surface area contributed by atoms with Crippen molar-refractivity contribution in [1.29, 1.82) is 0 Å². The number of ether oxygens (including phenoxy) is 2. The topological polar surface area (TPSA) is 81.2 Å². The van der Waals surface area contributed by atoms with Crippen LogP contribution in [0.3, 0.4) is 0 Å². The summed E-state index contributed by atoms with van der Waals surface area (Å²) in [5.41, 5.74) is 4.08. The number of hydrogen-bond acceptors (Lipinski definition) is 7. The first-order chi connectivity index (χ1) is 12.6. The molecule has 7 heteroatoms. The first-order valence-corrected chi connectivity index (χ1v) is 8.12. The Morgan fingerprint density at radius 3 is 2.54 bits per heavy atom. The molecule has 0 radical (unpaired) electrons. The predicted octanol–water partition coefficient (Wildman–Crippen LogP) is 3.99. The average Bonchev–Trinajstić information content (AvgIpc) is 2.66. The number of nitrogens with one attached hydrogen (secondary N) is 2. The van der Waals surface area contributed by atoms with E-state index in [0.29, 0.717) is 23.3 Å². The van der Waals surface area contributed by atoms with E-state index in [1.807, 2.05) is 24.3 Å². The lowest BCUT2D eigenvalue weighted by Gasteiger charge is -2.13. The largest absolute Gasteiger partial charge is 0.497 e. The number of nitrogens with zero attached hydrogens (tertiary/aromatic N) is 3. The maximum Gasteiger partial charge on any atom is 0.249 e. The minimum atomic E-state index is 0.365.